The molecular weight excluding hydrogens is 414 g/mol. The molecule has 1 aliphatic rings. The Hall–Kier alpha value is -3.45. The molecule has 0 aliphatic carbocycles. The van der Waals surface area contributed by atoms with Gasteiger partial charge in [-0.1, -0.05) is 11.2 Å². The molecule has 1 aliphatic heterocycles. The van der Waals surface area contributed by atoms with E-state index in [9.17, 15) is 0 Å². The molecule has 5 heterocycles. The highest BCUT2D eigenvalue weighted by molar-refractivity contribution is 5.84. The molecule has 1 aromatic carbocycles. The van der Waals surface area contributed by atoms with Crippen molar-refractivity contribution < 1.29 is 9.26 Å². The molecular formula is C26H27N5O2. The van der Waals surface area contributed by atoms with Crippen LogP contribution in [0, 0.1) is 13.8 Å². The minimum atomic E-state index is 0.410. The topological polar surface area (TPSA) is 81.8 Å². The van der Waals surface area contributed by atoms with Crippen LogP contribution in [0.3, 0.4) is 0 Å². The number of ether oxygens (including phenoxy) is 1. The molecule has 5 aromatic rings. The SMILES string of the molecule is Cc1noc(C)c1-c1ccc2c(c1)nc(CCc1c[nH]c3ncccc13)n2C1CCOCC1. The molecule has 1 N–H and O–H groups in total. The summed E-state index contributed by atoms with van der Waals surface area (Å²) in [6.45, 7) is 5.55. The van der Waals surface area contributed by atoms with Crippen molar-refractivity contribution in [1.29, 1.82) is 0 Å². The Balaban J connectivity index is 1.40. The number of H-pyrrole nitrogens is 1. The van der Waals surface area contributed by atoms with Crippen molar-refractivity contribution in [3.8, 4) is 11.1 Å². The Morgan fingerprint density at radius 2 is 2.00 bits per heavy atom. The summed E-state index contributed by atoms with van der Waals surface area (Å²) in [5.74, 6) is 1.97. The number of pyridine rings is 1. The molecule has 0 unspecified atom stereocenters. The van der Waals surface area contributed by atoms with E-state index in [2.05, 4.69) is 50.2 Å². The first-order valence-electron chi connectivity index (χ1n) is 11.6. The van der Waals surface area contributed by atoms with Crippen LogP contribution in [0.1, 0.15) is 41.7 Å². The lowest BCUT2D eigenvalue weighted by atomic mass is 10.0. The van der Waals surface area contributed by atoms with Gasteiger partial charge >= 0.3 is 0 Å². The predicted molar refractivity (Wildman–Crippen MR) is 127 cm³/mol. The van der Waals surface area contributed by atoms with Crippen molar-refractivity contribution in [3.05, 3.63) is 65.6 Å². The van der Waals surface area contributed by atoms with Crippen molar-refractivity contribution in [1.82, 2.24) is 24.7 Å². The Morgan fingerprint density at radius 1 is 1.12 bits per heavy atom. The van der Waals surface area contributed by atoms with Gasteiger partial charge in [-0.25, -0.2) is 9.97 Å². The maximum Gasteiger partial charge on any atom is 0.141 e. The van der Waals surface area contributed by atoms with E-state index < -0.39 is 0 Å². The van der Waals surface area contributed by atoms with Gasteiger partial charge in [-0.2, -0.15) is 0 Å². The number of benzene rings is 1. The average Bonchev–Trinajstić information content (AvgIpc) is 3.52. The number of imidazole rings is 1. The maximum atomic E-state index is 5.65. The Bertz CT molecular complexity index is 1420. The van der Waals surface area contributed by atoms with Gasteiger partial charge in [0.25, 0.3) is 0 Å². The fourth-order valence-electron chi connectivity index (χ4n) is 5.19. The molecule has 7 heteroatoms. The fraction of sp³-hybridized carbons (Fsp3) is 0.346. The lowest BCUT2D eigenvalue weighted by Gasteiger charge is -2.26. The van der Waals surface area contributed by atoms with E-state index in [1.807, 2.05) is 26.1 Å². The molecule has 168 valence electrons. The molecule has 7 nitrogen and oxygen atoms in total. The molecule has 0 radical (unpaired) electrons. The van der Waals surface area contributed by atoms with Crippen LogP contribution in [0.4, 0.5) is 0 Å². The molecule has 33 heavy (non-hydrogen) atoms. The first kappa shape index (κ1) is 20.2. The van der Waals surface area contributed by atoms with Gasteiger partial charge in [0.05, 0.1) is 16.7 Å². The number of aromatic amines is 1. The Labute approximate surface area is 191 Å². The molecule has 0 bridgehead atoms. The Kier molecular flexibility index (Phi) is 4.99. The quantitative estimate of drug-likeness (QED) is 0.399. The van der Waals surface area contributed by atoms with Crippen LogP contribution in [0.15, 0.2) is 47.2 Å². The van der Waals surface area contributed by atoms with Gasteiger partial charge < -0.3 is 18.8 Å². The van der Waals surface area contributed by atoms with Crippen molar-refractivity contribution in [3.63, 3.8) is 0 Å². The molecule has 4 aromatic heterocycles. The number of rotatable bonds is 5. The van der Waals surface area contributed by atoms with Gasteiger partial charge in [0.15, 0.2) is 0 Å². The Morgan fingerprint density at radius 3 is 2.82 bits per heavy atom. The largest absolute Gasteiger partial charge is 0.381 e. The third-order valence-corrected chi connectivity index (χ3v) is 6.80. The fourth-order valence-corrected chi connectivity index (χ4v) is 5.19. The number of hydrogen-bond donors (Lipinski definition) is 1. The third kappa shape index (κ3) is 3.53. The molecule has 0 amide bonds. The van der Waals surface area contributed by atoms with Gasteiger partial charge in [-0.3, -0.25) is 0 Å². The van der Waals surface area contributed by atoms with Crippen molar-refractivity contribution in [2.24, 2.45) is 0 Å². The summed E-state index contributed by atoms with van der Waals surface area (Å²) in [7, 11) is 0. The number of nitrogens with zero attached hydrogens (tertiary/aromatic N) is 4. The molecule has 1 saturated heterocycles. The second-order valence-electron chi connectivity index (χ2n) is 8.86. The molecule has 1 fully saturated rings. The number of aromatic nitrogens is 5. The van der Waals surface area contributed by atoms with E-state index in [-0.39, 0.29) is 0 Å². The predicted octanol–water partition coefficient (Wildman–Crippen LogP) is 5.32. The molecule has 0 spiro atoms. The monoisotopic (exact) mass is 441 g/mol. The lowest BCUT2D eigenvalue weighted by Crippen LogP contribution is -2.21. The minimum Gasteiger partial charge on any atom is -0.381 e. The van der Waals surface area contributed by atoms with Gasteiger partial charge in [0.1, 0.15) is 17.2 Å². The van der Waals surface area contributed by atoms with Gasteiger partial charge in [-0.15, -0.1) is 0 Å². The first-order valence-corrected chi connectivity index (χ1v) is 11.6. The third-order valence-electron chi connectivity index (χ3n) is 6.80. The van der Waals surface area contributed by atoms with E-state index in [4.69, 9.17) is 14.2 Å². The zero-order valence-electron chi connectivity index (χ0n) is 19.0. The molecule has 0 saturated carbocycles. The second kappa shape index (κ2) is 8.15. The second-order valence-corrected chi connectivity index (χ2v) is 8.86. The minimum absolute atomic E-state index is 0.410. The molecule has 0 atom stereocenters. The highest BCUT2D eigenvalue weighted by Gasteiger charge is 2.23. The van der Waals surface area contributed by atoms with E-state index in [0.29, 0.717) is 6.04 Å². The van der Waals surface area contributed by atoms with Crippen LogP contribution >= 0.6 is 0 Å². The highest BCUT2D eigenvalue weighted by atomic mass is 16.5. The van der Waals surface area contributed by atoms with Gasteiger partial charge in [0, 0.05) is 49.0 Å². The normalized spacial score (nSPS) is 15.1. The first-order chi connectivity index (χ1) is 16.2. The smallest absolute Gasteiger partial charge is 0.141 e. The standard InChI is InChI=1S/C26H27N5O2/c1-16-25(17(2)33-30-16)18-5-7-23-22(14-18)29-24(31(23)20-9-12-32-13-10-20)8-6-19-15-28-26-21(19)4-3-11-27-26/h3-5,7,11,14-15,20H,6,8-10,12-13H2,1-2H3,(H,27,28). The van der Waals surface area contributed by atoms with Crippen LogP contribution < -0.4 is 0 Å². The summed E-state index contributed by atoms with van der Waals surface area (Å²) in [5, 5.41) is 5.32. The summed E-state index contributed by atoms with van der Waals surface area (Å²) < 4.78 is 13.5. The van der Waals surface area contributed by atoms with E-state index in [0.717, 1.165) is 78.5 Å². The van der Waals surface area contributed by atoms with Crippen molar-refractivity contribution in [2.75, 3.05) is 13.2 Å². The summed E-state index contributed by atoms with van der Waals surface area (Å²) in [6.07, 6.45) is 7.71. The van der Waals surface area contributed by atoms with Crippen LogP contribution in [0.25, 0.3) is 33.2 Å². The number of fused-ring (bicyclic) bond motifs is 2. The number of nitrogens with one attached hydrogen (secondary N) is 1. The highest BCUT2D eigenvalue weighted by Crippen LogP contribution is 2.33. The zero-order chi connectivity index (χ0) is 22.4. The zero-order valence-corrected chi connectivity index (χ0v) is 19.0. The summed E-state index contributed by atoms with van der Waals surface area (Å²) in [5.41, 5.74) is 7.50. The summed E-state index contributed by atoms with van der Waals surface area (Å²) in [6, 6.07) is 11.1. The van der Waals surface area contributed by atoms with E-state index in [1.165, 1.54) is 16.5 Å². The average molecular weight is 442 g/mol. The number of hydrogen-bond acceptors (Lipinski definition) is 5. The van der Waals surface area contributed by atoms with Crippen LogP contribution in [0.2, 0.25) is 0 Å². The number of aryl methyl sites for hydroxylation is 4. The van der Waals surface area contributed by atoms with Crippen molar-refractivity contribution >= 4 is 22.1 Å². The van der Waals surface area contributed by atoms with Gasteiger partial charge in [-0.05, 0) is 68.5 Å². The van der Waals surface area contributed by atoms with Gasteiger partial charge in [0.2, 0.25) is 0 Å². The van der Waals surface area contributed by atoms with E-state index >= 15 is 0 Å². The van der Waals surface area contributed by atoms with Crippen LogP contribution in [-0.2, 0) is 17.6 Å². The summed E-state index contributed by atoms with van der Waals surface area (Å²) >= 11 is 0. The van der Waals surface area contributed by atoms with Crippen LogP contribution in [0.5, 0.6) is 0 Å². The van der Waals surface area contributed by atoms with Crippen molar-refractivity contribution in [2.45, 2.75) is 45.6 Å². The maximum absolute atomic E-state index is 5.65. The van der Waals surface area contributed by atoms with E-state index in [1.54, 1.807) is 0 Å². The summed E-state index contributed by atoms with van der Waals surface area (Å²) in [4.78, 5) is 12.9. The van der Waals surface area contributed by atoms with Crippen LogP contribution in [-0.4, -0.2) is 37.9 Å². The molecule has 6 rings (SSSR count). The lowest BCUT2D eigenvalue weighted by molar-refractivity contribution is 0.0699.